The maximum Gasteiger partial charge on any atom is 0.255 e. The molecule has 2 heterocycles. The summed E-state index contributed by atoms with van der Waals surface area (Å²) in [6, 6.07) is 23.2. The molecule has 0 unspecified atom stereocenters. The lowest BCUT2D eigenvalue weighted by Crippen LogP contribution is -2.37. The molecule has 3 aromatic carbocycles. The molecule has 0 saturated carbocycles. The lowest BCUT2D eigenvalue weighted by molar-refractivity contribution is -0.121. The Bertz CT molecular complexity index is 1590. The Labute approximate surface area is 260 Å². The minimum Gasteiger partial charge on any atom is -0.338 e. The van der Waals surface area contributed by atoms with Crippen LogP contribution in [0.3, 0.4) is 0 Å². The van der Waals surface area contributed by atoms with Crippen LogP contribution in [0.15, 0.2) is 77.3 Å². The number of rotatable bonds is 7. The predicted octanol–water partition coefficient (Wildman–Crippen LogP) is 7.43. The molecule has 0 radical (unpaired) electrons. The molecule has 1 aromatic heterocycles. The monoisotopic (exact) mass is 593 g/mol. The molecule has 2 N–H and O–H groups in total. The van der Waals surface area contributed by atoms with Gasteiger partial charge in [0.05, 0.1) is 6.54 Å². The van der Waals surface area contributed by atoms with Crippen LogP contribution in [-0.2, 0) is 22.2 Å². The van der Waals surface area contributed by atoms with Crippen LogP contribution >= 0.6 is 0 Å². The zero-order valence-electron chi connectivity index (χ0n) is 26.6. The fraction of sp³-hybridized carbons (Fsp3) is 0.389. The van der Waals surface area contributed by atoms with E-state index in [-0.39, 0.29) is 28.6 Å². The molecule has 0 bridgehead atoms. The van der Waals surface area contributed by atoms with Gasteiger partial charge in [-0.1, -0.05) is 89.2 Å². The zero-order chi connectivity index (χ0) is 31.5. The minimum atomic E-state index is -0.187. The molecular weight excluding hydrogens is 550 g/mol. The van der Waals surface area contributed by atoms with Gasteiger partial charge < -0.3 is 15.2 Å². The number of nitrogens with one attached hydrogen (secondary N) is 2. The molecular formula is C36H43N5O3. The molecule has 230 valence electrons. The molecule has 1 aliphatic rings. The number of hydrogen-bond acceptors (Lipinski definition) is 6. The van der Waals surface area contributed by atoms with E-state index in [1.807, 2.05) is 54.6 Å². The molecule has 5 rings (SSSR count). The molecule has 1 aliphatic heterocycles. The van der Waals surface area contributed by atoms with Gasteiger partial charge in [0.1, 0.15) is 0 Å². The molecule has 0 atom stereocenters. The average molecular weight is 594 g/mol. The van der Waals surface area contributed by atoms with Gasteiger partial charge in [0.2, 0.25) is 17.6 Å². The summed E-state index contributed by atoms with van der Waals surface area (Å²) in [6.45, 7) is 15.1. The van der Waals surface area contributed by atoms with E-state index >= 15 is 0 Å². The molecule has 8 nitrogen and oxygen atoms in total. The first-order chi connectivity index (χ1) is 20.8. The molecule has 1 saturated heterocycles. The lowest BCUT2D eigenvalue weighted by Gasteiger charge is -2.30. The average Bonchev–Trinajstić information content (AvgIpc) is 3.45. The van der Waals surface area contributed by atoms with Crippen molar-refractivity contribution in [1.82, 2.24) is 15.0 Å². The molecule has 44 heavy (non-hydrogen) atoms. The van der Waals surface area contributed by atoms with Gasteiger partial charge >= 0.3 is 0 Å². The predicted molar refractivity (Wildman–Crippen MR) is 175 cm³/mol. The Morgan fingerprint density at radius 2 is 1.39 bits per heavy atom. The number of amides is 2. The van der Waals surface area contributed by atoms with E-state index in [2.05, 4.69) is 79.3 Å². The van der Waals surface area contributed by atoms with Crippen molar-refractivity contribution in [2.45, 2.75) is 71.8 Å². The third kappa shape index (κ3) is 7.80. The Kier molecular flexibility index (Phi) is 9.02. The van der Waals surface area contributed by atoms with Crippen LogP contribution in [0, 0.1) is 5.92 Å². The Morgan fingerprint density at radius 1 is 0.818 bits per heavy atom. The molecule has 0 aliphatic carbocycles. The Balaban J connectivity index is 1.10. The summed E-state index contributed by atoms with van der Waals surface area (Å²) in [5.41, 5.74) is 5.35. The van der Waals surface area contributed by atoms with Crippen molar-refractivity contribution >= 4 is 23.2 Å². The maximum atomic E-state index is 13.1. The van der Waals surface area contributed by atoms with Gasteiger partial charge in [0.25, 0.3) is 5.91 Å². The van der Waals surface area contributed by atoms with Crippen LogP contribution < -0.4 is 10.6 Å². The van der Waals surface area contributed by atoms with Crippen LogP contribution in [0.2, 0.25) is 0 Å². The van der Waals surface area contributed by atoms with E-state index in [4.69, 9.17) is 4.52 Å². The number of likely N-dealkylation sites (tertiary alicyclic amines) is 1. The van der Waals surface area contributed by atoms with Crippen LogP contribution in [0.1, 0.15) is 81.8 Å². The topological polar surface area (TPSA) is 100 Å². The van der Waals surface area contributed by atoms with Crippen LogP contribution in [0.25, 0.3) is 11.4 Å². The van der Waals surface area contributed by atoms with Crippen molar-refractivity contribution in [2.24, 2.45) is 5.92 Å². The summed E-state index contributed by atoms with van der Waals surface area (Å²) in [4.78, 5) is 32.8. The summed E-state index contributed by atoms with van der Waals surface area (Å²) < 4.78 is 5.55. The van der Waals surface area contributed by atoms with Crippen molar-refractivity contribution in [3.05, 3.63) is 95.4 Å². The minimum absolute atomic E-state index is 0.00956. The molecule has 1 fully saturated rings. The number of carbonyl (C=O) groups is 2. The fourth-order valence-corrected chi connectivity index (χ4v) is 5.34. The largest absolute Gasteiger partial charge is 0.338 e. The van der Waals surface area contributed by atoms with E-state index < -0.39 is 0 Å². The third-order valence-electron chi connectivity index (χ3n) is 8.20. The Morgan fingerprint density at radius 3 is 1.98 bits per heavy atom. The highest BCUT2D eigenvalue weighted by Crippen LogP contribution is 2.27. The van der Waals surface area contributed by atoms with E-state index in [9.17, 15) is 9.59 Å². The van der Waals surface area contributed by atoms with Gasteiger partial charge in [0, 0.05) is 28.4 Å². The maximum absolute atomic E-state index is 13.1. The summed E-state index contributed by atoms with van der Waals surface area (Å²) in [6.07, 6.45) is 1.48. The summed E-state index contributed by atoms with van der Waals surface area (Å²) in [5.74, 6) is 0.876. The van der Waals surface area contributed by atoms with E-state index in [0.717, 1.165) is 31.5 Å². The van der Waals surface area contributed by atoms with Gasteiger partial charge in [0.15, 0.2) is 0 Å². The van der Waals surface area contributed by atoms with Crippen molar-refractivity contribution in [1.29, 1.82) is 0 Å². The first kappa shape index (κ1) is 31.1. The second-order valence-electron chi connectivity index (χ2n) is 13.7. The van der Waals surface area contributed by atoms with Gasteiger partial charge in [-0.2, -0.15) is 4.98 Å². The SMILES string of the molecule is CC(C)(C)c1ccc(C(=O)Nc2cccc(NC(=O)C3CCN(Cc4nc(-c5ccc(C(C)(C)C)cc5)no4)CC3)c2)cc1. The first-order valence-corrected chi connectivity index (χ1v) is 15.3. The summed E-state index contributed by atoms with van der Waals surface area (Å²) in [5, 5.41) is 10.2. The van der Waals surface area contributed by atoms with Crippen LogP contribution in [-0.4, -0.2) is 39.9 Å². The number of aromatic nitrogens is 2. The van der Waals surface area contributed by atoms with E-state index in [1.54, 1.807) is 6.07 Å². The summed E-state index contributed by atoms with van der Waals surface area (Å²) >= 11 is 0. The number of nitrogens with zero attached hydrogens (tertiary/aromatic N) is 3. The van der Waals surface area contributed by atoms with Crippen molar-refractivity contribution in [2.75, 3.05) is 23.7 Å². The van der Waals surface area contributed by atoms with Crippen LogP contribution in [0.5, 0.6) is 0 Å². The lowest BCUT2D eigenvalue weighted by atomic mass is 9.86. The molecule has 8 heteroatoms. The highest BCUT2D eigenvalue weighted by Gasteiger charge is 2.26. The number of anilines is 2. The third-order valence-corrected chi connectivity index (χ3v) is 8.20. The fourth-order valence-electron chi connectivity index (χ4n) is 5.34. The normalized spacial score (nSPS) is 14.8. The van der Waals surface area contributed by atoms with E-state index in [1.165, 1.54) is 11.1 Å². The zero-order valence-corrected chi connectivity index (χ0v) is 26.6. The van der Waals surface area contributed by atoms with Gasteiger partial charge in [-0.15, -0.1) is 0 Å². The van der Waals surface area contributed by atoms with E-state index in [0.29, 0.717) is 35.2 Å². The molecule has 0 spiro atoms. The highest BCUT2D eigenvalue weighted by molar-refractivity contribution is 6.04. The number of benzene rings is 3. The smallest absolute Gasteiger partial charge is 0.255 e. The molecule has 4 aromatic rings. The van der Waals surface area contributed by atoms with Gasteiger partial charge in [-0.05, 0) is 78.2 Å². The second-order valence-corrected chi connectivity index (χ2v) is 13.7. The summed E-state index contributed by atoms with van der Waals surface area (Å²) in [7, 11) is 0. The van der Waals surface area contributed by atoms with Crippen molar-refractivity contribution in [3.63, 3.8) is 0 Å². The first-order valence-electron chi connectivity index (χ1n) is 15.3. The number of hydrogen-bond donors (Lipinski definition) is 2. The van der Waals surface area contributed by atoms with Crippen molar-refractivity contribution in [3.8, 4) is 11.4 Å². The number of carbonyl (C=O) groups excluding carboxylic acids is 2. The van der Waals surface area contributed by atoms with Crippen LogP contribution in [0.4, 0.5) is 11.4 Å². The number of piperidine rings is 1. The Hall–Kier alpha value is -4.30. The van der Waals surface area contributed by atoms with Crippen molar-refractivity contribution < 1.29 is 14.1 Å². The second kappa shape index (κ2) is 12.7. The van der Waals surface area contributed by atoms with Gasteiger partial charge in [-0.25, -0.2) is 0 Å². The highest BCUT2D eigenvalue weighted by atomic mass is 16.5. The molecule has 2 amide bonds. The standard InChI is InChI=1S/C36H43N5O3/c1-35(2,3)27-14-10-24(11-15-27)32-39-31(44-40-32)23-41-20-18-26(19-21-41)34(43)38-30-9-7-8-29(22-30)37-33(42)25-12-16-28(17-13-25)36(4,5)6/h7-17,22,26H,18-21,23H2,1-6H3,(H,37,42)(H,38,43). The quantitative estimate of drug-likeness (QED) is 0.231. The van der Waals surface area contributed by atoms with Gasteiger partial charge in [-0.3, -0.25) is 14.5 Å².